The molecule has 7 nitrogen and oxygen atoms in total. The third-order valence-corrected chi connectivity index (χ3v) is 5.43. The molecule has 3 aromatic rings. The van der Waals surface area contributed by atoms with Crippen molar-refractivity contribution in [2.24, 2.45) is 0 Å². The Hall–Kier alpha value is -3.00. The van der Waals surface area contributed by atoms with Crippen molar-refractivity contribution in [1.29, 1.82) is 0 Å². The van der Waals surface area contributed by atoms with Gasteiger partial charge < -0.3 is 15.0 Å². The molecule has 142 valence electrons. The van der Waals surface area contributed by atoms with E-state index in [1.165, 1.54) is 0 Å². The standard InChI is InChI=1S/C19H21N3O4S/c1-3-27(24,25)22-15-6-4-13(5-7-15)19(23)20-12-16-10-14-11-17(26-2)8-9-18(14)21-16/h4-11,21-22H,3,12H2,1-2H3,(H,20,23). The molecule has 0 aliphatic rings. The van der Waals surface area contributed by atoms with Gasteiger partial charge in [0.1, 0.15) is 5.75 Å². The second-order valence-electron chi connectivity index (χ2n) is 6.01. The molecule has 1 aromatic heterocycles. The highest BCUT2D eigenvalue weighted by atomic mass is 32.2. The lowest BCUT2D eigenvalue weighted by molar-refractivity contribution is 0.0950. The van der Waals surface area contributed by atoms with E-state index in [1.54, 1.807) is 38.3 Å². The Morgan fingerprint density at radius 1 is 1.11 bits per heavy atom. The smallest absolute Gasteiger partial charge is 0.251 e. The van der Waals surface area contributed by atoms with Crippen LogP contribution < -0.4 is 14.8 Å². The van der Waals surface area contributed by atoms with Crippen molar-refractivity contribution in [3.05, 3.63) is 59.8 Å². The predicted molar refractivity (Wildman–Crippen MR) is 106 cm³/mol. The van der Waals surface area contributed by atoms with Gasteiger partial charge >= 0.3 is 0 Å². The summed E-state index contributed by atoms with van der Waals surface area (Å²) in [5.41, 5.74) is 2.72. The molecule has 0 spiro atoms. The summed E-state index contributed by atoms with van der Waals surface area (Å²) >= 11 is 0. The molecule has 0 aliphatic carbocycles. The number of sulfonamides is 1. The molecule has 3 rings (SSSR count). The molecule has 1 amide bonds. The molecule has 0 bridgehead atoms. The quantitative estimate of drug-likeness (QED) is 0.580. The van der Waals surface area contributed by atoms with Gasteiger partial charge in [0.15, 0.2) is 0 Å². The van der Waals surface area contributed by atoms with Crippen LogP contribution in [0.15, 0.2) is 48.5 Å². The van der Waals surface area contributed by atoms with Gasteiger partial charge in [-0.3, -0.25) is 9.52 Å². The highest BCUT2D eigenvalue weighted by molar-refractivity contribution is 7.92. The summed E-state index contributed by atoms with van der Waals surface area (Å²) in [6, 6.07) is 14.0. The van der Waals surface area contributed by atoms with Crippen LogP contribution in [0.25, 0.3) is 10.9 Å². The van der Waals surface area contributed by atoms with Crippen LogP contribution in [-0.4, -0.2) is 32.2 Å². The maximum atomic E-state index is 12.3. The summed E-state index contributed by atoms with van der Waals surface area (Å²) in [7, 11) is -1.71. The molecule has 1 heterocycles. The Balaban J connectivity index is 1.63. The molecule has 0 radical (unpaired) electrons. The summed E-state index contributed by atoms with van der Waals surface area (Å²) in [6.45, 7) is 1.91. The molecule has 3 N–H and O–H groups in total. The fourth-order valence-electron chi connectivity index (χ4n) is 2.61. The predicted octanol–water partition coefficient (Wildman–Crippen LogP) is 2.87. The molecular formula is C19H21N3O4S. The Morgan fingerprint density at radius 3 is 2.52 bits per heavy atom. The van der Waals surface area contributed by atoms with Crippen molar-refractivity contribution in [2.45, 2.75) is 13.5 Å². The number of rotatable bonds is 7. The number of ether oxygens (including phenoxy) is 1. The van der Waals surface area contributed by atoms with Crippen molar-refractivity contribution in [3.8, 4) is 5.75 Å². The summed E-state index contributed by atoms with van der Waals surface area (Å²) in [4.78, 5) is 15.6. The largest absolute Gasteiger partial charge is 0.497 e. The maximum absolute atomic E-state index is 12.3. The van der Waals surface area contributed by atoms with E-state index in [0.717, 1.165) is 22.3 Å². The lowest BCUT2D eigenvalue weighted by atomic mass is 10.2. The van der Waals surface area contributed by atoms with Crippen LogP contribution in [0.4, 0.5) is 5.69 Å². The minimum absolute atomic E-state index is 0.00832. The number of carbonyl (C=O) groups excluding carboxylic acids is 1. The molecular weight excluding hydrogens is 366 g/mol. The van der Waals surface area contributed by atoms with E-state index in [4.69, 9.17) is 4.74 Å². The number of nitrogens with one attached hydrogen (secondary N) is 3. The molecule has 27 heavy (non-hydrogen) atoms. The number of hydrogen-bond acceptors (Lipinski definition) is 4. The van der Waals surface area contributed by atoms with Crippen LogP contribution in [-0.2, 0) is 16.6 Å². The SMILES string of the molecule is CCS(=O)(=O)Nc1ccc(C(=O)NCc2cc3cc(OC)ccc3[nH]2)cc1. The van der Waals surface area contributed by atoms with Gasteiger partial charge in [0.2, 0.25) is 10.0 Å². The van der Waals surface area contributed by atoms with E-state index in [9.17, 15) is 13.2 Å². The lowest BCUT2D eigenvalue weighted by Crippen LogP contribution is -2.23. The van der Waals surface area contributed by atoms with Gasteiger partial charge in [-0.25, -0.2) is 8.42 Å². The molecule has 0 saturated carbocycles. The summed E-state index contributed by atoms with van der Waals surface area (Å²) in [6.07, 6.45) is 0. The second kappa shape index (κ2) is 7.71. The number of amides is 1. The molecule has 0 saturated heterocycles. The van der Waals surface area contributed by atoms with Crippen molar-refractivity contribution < 1.29 is 17.9 Å². The molecule has 0 unspecified atom stereocenters. The van der Waals surface area contributed by atoms with Crippen LogP contribution >= 0.6 is 0 Å². The first-order valence-electron chi connectivity index (χ1n) is 8.44. The van der Waals surface area contributed by atoms with Crippen molar-refractivity contribution in [2.75, 3.05) is 17.6 Å². The zero-order valence-electron chi connectivity index (χ0n) is 15.1. The van der Waals surface area contributed by atoms with E-state index in [2.05, 4.69) is 15.0 Å². The number of fused-ring (bicyclic) bond motifs is 1. The van der Waals surface area contributed by atoms with Gasteiger partial charge in [-0.1, -0.05) is 0 Å². The van der Waals surface area contributed by atoms with E-state index in [1.807, 2.05) is 24.3 Å². The Labute approximate surface area is 157 Å². The minimum atomic E-state index is -3.33. The first-order chi connectivity index (χ1) is 12.9. The summed E-state index contributed by atoms with van der Waals surface area (Å²) in [5.74, 6) is 0.526. The van der Waals surface area contributed by atoms with Gasteiger partial charge in [0.25, 0.3) is 5.91 Å². The monoisotopic (exact) mass is 387 g/mol. The second-order valence-corrected chi connectivity index (χ2v) is 8.02. The molecule has 8 heteroatoms. The highest BCUT2D eigenvalue weighted by Gasteiger charge is 2.10. The number of anilines is 1. The summed E-state index contributed by atoms with van der Waals surface area (Å²) < 4.78 is 30.8. The number of aromatic amines is 1. The van der Waals surface area contributed by atoms with Gasteiger partial charge in [-0.15, -0.1) is 0 Å². The first-order valence-corrected chi connectivity index (χ1v) is 10.1. The van der Waals surface area contributed by atoms with Gasteiger partial charge in [-0.05, 0) is 55.5 Å². The van der Waals surface area contributed by atoms with Crippen LogP contribution in [0.2, 0.25) is 0 Å². The number of hydrogen-bond donors (Lipinski definition) is 3. The Morgan fingerprint density at radius 2 is 1.85 bits per heavy atom. The van der Waals surface area contributed by atoms with E-state index in [-0.39, 0.29) is 11.7 Å². The Kier molecular flexibility index (Phi) is 5.36. The van der Waals surface area contributed by atoms with E-state index < -0.39 is 10.0 Å². The van der Waals surface area contributed by atoms with E-state index in [0.29, 0.717) is 17.8 Å². The minimum Gasteiger partial charge on any atom is -0.497 e. The topological polar surface area (TPSA) is 100 Å². The average Bonchev–Trinajstić information content (AvgIpc) is 3.08. The molecule has 2 aromatic carbocycles. The normalized spacial score (nSPS) is 11.3. The van der Waals surface area contributed by atoms with Gasteiger partial charge in [0.05, 0.1) is 19.4 Å². The van der Waals surface area contributed by atoms with Crippen LogP contribution in [0, 0.1) is 0 Å². The molecule has 0 atom stereocenters. The number of carbonyl (C=O) groups is 1. The van der Waals surface area contributed by atoms with Crippen molar-refractivity contribution >= 4 is 32.5 Å². The lowest BCUT2D eigenvalue weighted by Gasteiger charge is -2.07. The number of benzene rings is 2. The fourth-order valence-corrected chi connectivity index (χ4v) is 3.25. The number of H-pyrrole nitrogens is 1. The number of methoxy groups -OCH3 is 1. The highest BCUT2D eigenvalue weighted by Crippen LogP contribution is 2.21. The fraction of sp³-hybridized carbons (Fsp3) is 0.211. The molecule has 0 fully saturated rings. The van der Waals surface area contributed by atoms with Gasteiger partial charge in [-0.2, -0.15) is 0 Å². The zero-order valence-corrected chi connectivity index (χ0v) is 15.9. The average molecular weight is 387 g/mol. The first kappa shape index (κ1) is 18.8. The third kappa shape index (κ3) is 4.59. The van der Waals surface area contributed by atoms with Crippen molar-refractivity contribution in [3.63, 3.8) is 0 Å². The van der Waals surface area contributed by atoms with Crippen LogP contribution in [0.5, 0.6) is 5.75 Å². The van der Waals surface area contributed by atoms with Crippen LogP contribution in [0.3, 0.4) is 0 Å². The van der Waals surface area contributed by atoms with Crippen molar-refractivity contribution in [1.82, 2.24) is 10.3 Å². The summed E-state index contributed by atoms with van der Waals surface area (Å²) in [5, 5.41) is 3.85. The zero-order chi connectivity index (χ0) is 19.4. The third-order valence-electron chi connectivity index (χ3n) is 4.12. The molecule has 0 aliphatic heterocycles. The van der Waals surface area contributed by atoms with Gasteiger partial charge in [0, 0.05) is 27.8 Å². The van der Waals surface area contributed by atoms with Crippen LogP contribution in [0.1, 0.15) is 23.0 Å². The van der Waals surface area contributed by atoms with E-state index >= 15 is 0 Å². The Bertz CT molecular complexity index is 1060. The maximum Gasteiger partial charge on any atom is 0.251 e. The number of aromatic nitrogens is 1.